The molecule has 0 spiro atoms. The van der Waals surface area contributed by atoms with Crippen molar-refractivity contribution in [2.24, 2.45) is 5.92 Å². The van der Waals surface area contributed by atoms with E-state index in [-0.39, 0.29) is 11.8 Å². The average molecular weight is 235 g/mol. The fraction of sp³-hybridized carbons (Fsp3) is 0.800. The summed E-state index contributed by atoms with van der Waals surface area (Å²) in [5.74, 6) is 3.09. The first-order valence-corrected chi connectivity index (χ1v) is 7.01. The quantitative estimate of drug-likeness (QED) is 0.467. The smallest absolute Gasteiger partial charge is 0.223 e. The summed E-state index contributed by atoms with van der Waals surface area (Å²) >= 11 is 0. The molecule has 1 amide bonds. The van der Waals surface area contributed by atoms with Crippen molar-refractivity contribution in [3.05, 3.63) is 0 Å². The van der Waals surface area contributed by atoms with Crippen molar-refractivity contribution in [3.63, 3.8) is 0 Å². The maximum atomic E-state index is 11.6. The number of carbonyl (C=O) groups excluding carboxylic acids is 1. The Morgan fingerprint density at radius 2 is 1.88 bits per heavy atom. The van der Waals surface area contributed by atoms with E-state index >= 15 is 0 Å². The molecule has 96 valence electrons. The maximum Gasteiger partial charge on any atom is 0.223 e. The average Bonchev–Trinajstić information content (AvgIpc) is 2.69. The van der Waals surface area contributed by atoms with Gasteiger partial charge in [0.05, 0.1) is 0 Å². The van der Waals surface area contributed by atoms with Crippen molar-refractivity contribution < 1.29 is 4.79 Å². The van der Waals surface area contributed by atoms with Crippen LogP contribution >= 0.6 is 0 Å². The molecule has 1 atom stereocenters. The summed E-state index contributed by atoms with van der Waals surface area (Å²) in [7, 11) is 0. The lowest BCUT2D eigenvalue weighted by molar-refractivity contribution is -0.127. The van der Waals surface area contributed by atoms with E-state index in [1.165, 1.54) is 38.5 Å². The molecule has 0 aromatic carbocycles. The number of terminal acetylenes is 1. The van der Waals surface area contributed by atoms with Gasteiger partial charge in [-0.05, 0) is 6.42 Å². The summed E-state index contributed by atoms with van der Waals surface area (Å²) < 4.78 is 0. The highest BCUT2D eigenvalue weighted by molar-refractivity contribution is 5.79. The molecule has 0 N–H and O–H groups in total. The molecule has 17 heavy (non-hydrogen) atoms. The number of nitrogens with zero attached hydrogens (tertiary/aromatic N) is 1. The standard InChI is InChI=1S/C15H25NO/c1-3-5-6-7-8-9-10-11-16-13-14(4-2)12-15(16)17/h2,14H,3,5-13H2,1H3. The molecule has 1 aliphatic heterocycles. The first kappa shape index (κ1) is 14.1. The summed E-state index contributed by atoms with van der Waals surface area (Å²) in [6, 6.07) is 0. The second-order valence-electron chi connectivity index (χ2n) is 5.03. The zero-order valence-corrected chi connectivity index (χ0v) is 11.1. The number of rotatable bonds is 8. The van der Waals surface area contributed by atoms with Crippen LogP contribution in [0.5, 0.6) is 0 Å². The molecule has 1 saturated heterocycles. The molecule has 0 aromatic heterocycles. The van der Waals surface area contributed by atoms with Crippen molar-refractivity contribution in [2.75, 3.05) is 13.1 Å². The minimum atomic E-state index is 0.159. The van der Waals surface area contributed by atoms with Crippen LogP contribution in [0.2, 0.25) is 0 Å². The molecule has 0 bridgehead atoms. The molecule has 0 saturated carbocycles. The van der Waals surface area contributed by atoms with Crippen LogP contribution in [0.3, 0.4) is 0 Å². The van der Waals surface area contributed by atoms with Gasteiger partial charge in [-0.25, -0.2) is 0 Å². The summed E-state index contributed by atoms with van der Waals surface area (Å²) in [5.41, 5.74) is 0. The summed E-state index contributed by atoms with van der Waals surface area (Å²) in [4.78, 5) is 13.5. The van der Waals surface area contributed by atoms with Crippen molar-refractivity contribution >= 4 is 5.91 Å². The molecule has 2 nitrogen and oxygen atoms in total. The van der Waals surface area contributed by atoms with Crippen LogP contribution in [0.25, 0.3) is 0 Å². The van der Waals surface area contributed by atoms with Crippen LogP contribution in [-0.4, -0.2) is 23.9 Å². The number of carbonyl (C=O) groups is 1. The van der Waals surface area contributed by atoms with Crippen LogP contribution in [0.4, 0.5) is 0 Å². The lowest BCUT2D eigenvalue weighted by atomic mass is 10.1. The molecule has 1 rings (SSSR count). The van der Waals surface area contributed by atoms with Crippen LogP contribution in [0, 0.1) is 18.3 Å². The zero-order valence-electron chi connectivity index (χ0n) is 11.1. The molecule has 0 radical (unpaired) electrons. The van der Waals surface area contributed by atoms with Gasteiger partial charge in [0.2, 0.25) is 5.91 Å². The molecule has 0 aliphatic carbocycles. The third-order valence-corrected chi connectivity index (χ3v) is 3.48. The zero-order chi connectivity index (χ0) is 12.5. The molecular formula is C15H25NO. The Morgan fingerprint density at radius 3 is 2.47 bits per heavy atom. The Kier molecular flexibility index (Phi) is 6.77. The van der Waals surface area contributed by atoms with Crippen molar-refractivity contribution in [3.8, 4) is 12.3 Å². The second kappa shape index (κ2) is 8.17. The van der Waals surface area contributed by atoms with Crippen LogP contribution in [-0.2, 0) is 4.79 Å². The highest BCUT2D eigenvalue weighted by atomic mass is 16.2. The fourth-order valence-electron chi connectivity index (χ4n) is 2.36. The second-order valence-corrected chi connectivity index (χ2v) is 5.03. The topological polar surface area (TPSA) is 20.3 Å². The first-order chi connectivity index (χ1) is 8.27. The summed E-state index contributed by atoms with van der Waals surface area (Å²) in [6.45, 7) is 3.93. The number of hydrogen-bond acceptors (Lipinski definition) is 1. The van der Waals surface area contributed by atoms with Gasteiger partial charge in [0.1, 0.15) is 0 Å². The van der Waals surface area contributed by atoms with Gasteiger partial charge < -0.3 is 4.90 Å². The van der Waals surface area contributed by atoms with Crippen LogP contribution in [0.15, 0.2) is 0 Å². The van der Waals surface area contributed by atoms with E-state index in [1.54, 1.807) is 0 Å². The summed E-state index contributed by atoms with van der Waals surface area (Å²) in [5, 5.41) is 0. The Morgan fingerprint density at radius 1 is 1.24 bits per heavy atom. The highest BCUT2D eigenvalue weighted by Crippen LogP contribution is 2.17. The van der Waals surface area contributed by atoms with Crippen molar-refractivity contribution in [2.45, 2.75) is 58.3 Å². The third-order valence-electron chi connectivity index (χ3n) is 3.48. The van der Waals surface area contributed by atoms with Crippen molar-refractivity contribution in [1.82, 2.24) is 4.90 Å². The van der Waals surface area contributed by atoms with Crippen LogP contribution in [0.1, 0.15) is 58.3 Å². The first-order valence-electron chi connectivity index (χ1n) is 7.01. The van der Waals surface area contributed by atoms with E-state index in [0.29, 0.717) is 6.42 Å². The molecule has 2 heteroatoms. The van der Waals surface area contributed by atoms with Gasteiger partial charge in [-0.3, -0.25) is 4.79 Å². The van der Waals surface area contributed by atoms with E-state index in [0.717, 1.165) is 19.5 Å². The van der Waals surface area contributed by atoms with Gasteiger partial charge in [-0.15, -0.1) is 12.3 Å². The predicted molar refractivity (Wildman–Crippen MR) is 71.5 cm³/mol. The van der Waals surface area contributed by atoms with Gasteiger partial charge in [0.15, 0.2) is 0 Å². The van der Waals surface area contributed by atoms with Crippen molar-refractivity contribution in [1.29, 1.82) is 0 Å². The molecule has 1 aliphatic rings. The van der Waals surface area contributed by atoms with Gasteiger partial charge in [-0.1, -0.05) is 45.4 Å². The Bertz CT molecular complexity index is 267. The number of amides is 1. The van der Waals surface area contributed by atoms with Gasteiger partial charge in [-0.2, -0.15) is 0 Å². The van der Waals surface area contributed by atoms with E-state index < -0.39 is 0 Å². The van der Waals surface area contributed by atoms with Gasteiger partial charge in [0.25, 0.3) is 0 Å². The molecule has 1 unspecified atom stereocenters. The van der Waals surface area contributed by atoms with E-state index in [4.69, 9.17) is 6.42 Å². The molecule has 0 aromatic rings. The molecule has 1 heterocycles. The predicted octanol–water partition coefficient (Wildman–Crippen LogP) is 3.22. The fourth-order valence-corrected chi connectivity index (χ4v) is 2.36. The SMILES string of the molecule is C#CC1CC(=O)N(CCCCCCCCC)C1. The largest absolute Gasteiger partial charge is 0.341 e. The molecular weight excluding hydrogens is 210 g/mol. The van der Waals surface area contributed by atoms with E-state index in [9.17, 15) is 4.79 Å². The van der Waals surface area contributed by atoms with Gasteiger partial charge >= 0.3 is 0 Å². The van der Waals surface area contributed by atoms with Crippen LogP contribution < -0.4 is 0 Å². The lowest BCUT2D eigenvalue weighted by Crippen LogP contribution is -2.26. The Labute approximate surface area is 106 Å². The summed E-state index contributed by atoms with van der Waals surface area (Å²) in [6.07, 6.45) is 15.0. The lowest BCUT2D eigenvalue weighted by Gasteiger charge is -2.15. The molecule has 1 fully saturated rings. The number of likely N-dealkylation sites (tertiary alicyclic amines) is 1. The Hall–Kier alpha value is -0.970. The number of hydrogen-bond donors (Lipinski definition) is 0. The van der Waals surface area contributed by atoms with E-state index in [1.807, 2.05) is 4.90 Å². The minimum absolute atomic E-state index is 0.159. The normalized spacial score (nSPS) is 19.6. The maximum absolute atomic E-state index is 11.6. The minimum Gasteiger partial charge on any atom is -0.341 e. The third kappa shape index (κ3) is 5.26. The van der Waals surface area contributed by atoms with Gasteiger partial charge in [0, 0.05) is 25.4 Å². The monoisotopic (exact) mass is 235 g/mol. The number of unbranched alkanes of at least 4 members (excludes halogenated alkanes) is 6. The Balaban J connectivity index is 2.00. The highest BCUT2D eigenvalue weighted by Gasteiger charge is 2.27. The van der Waals surface area contributed by atoms with E-state index in [2.05, 4.69) is 12.8 Å².